The van der Waals surface area contributed by atoms with Crippen LogP contribution in [-0.4, -0.2) is 41.9 Å². The quantitative estimate of drug-likeness (QED) is 0.644. The van der Waals surface area contributed by atoms with E-state index in [-0.39, 0.29) is 5.91 Å². The molecule has 1 heterocycles. The molecular formula is C25H23N3O2. The maximum absolute atomic E-state index is 12.7. The van der Waals surface area contributed by atoms with Gasteiger partial charge in [-0.3, -0.25) is 9.69 Å². The van der Waals surface area contributed by atoms with E-state index in [0.717, 1.165) is 31.1 Å². The molecule has 0 bridgehead atoms. The van der Waals surface area contributed by atoms with Crippen molar-refractivity contribution in [1.82, 2.24) is 9.80 Å². The Morgan fingerprint density at radius 2 is 1.57 bits per heavy atom. The second-order valence-corrected chi connectivity index (χ2v) is 7.32. The van der Waals surface area contributed by atoms with E-state index in [0.29, 0.717) is 24.2 Å². The number of para-hydroxylation sites is 1. The van der Waals surface area contributed by atoms with Gasteiger partial charge in [0.2, 0.25) is 0 Å². The normalized spacial score (nSPS) is 14.2. The van der Waals surface area contributed by atoms with Crippen molar-refractivity contribution in [2.24, 2.45) is 0 Å². The first-order valence-electron chi connectivity index (χ1n) is 10.0. The van der Waals surface area contributed by atoms with Gasteiger partial charge in [0.15, 0.2) is 0 Å². The van der Waals surface area contributed by atoms with Crippen molar-refractivity contribution in [2.75, 3.05) is 26.2 Å². The van der Waals surface area contributed by atoms with Crippen molar-refractivity contribution in [1.29, 1.82) is 5.26 Å². The summed E-state index contributed by atoms with van der Waals surface area (Å²) in [4.78, 5) is 16.9. The molecule has 3 aromatic rings. The van der Waals surface area contributed by atoms with Crippen LogP contribution in [0.4, 0.5) is 0 Å². The molecule has 0 aliphatic carbocycles. The Morgan fingerprint density at radius 1 is 0.867 bits per heavy atom. The fourth-order valence-corrected chi connectivity index (χ4v) is 3.57. The molecule has 3 aromatic carbocycles. The van der Waals surface area contributed by atoms with E-state index < -0.39 is 0 Å². The van der Waals surface area contributed by atoms with Gasteiger partial charge in [-0.05, 0) is 54.1 Å². The lowest BCUT2D eigenvalue weighted by molar-refractivity contribution is 0.0628. The first kappa shape index (κ1) is 19.7. The molecule has 0 unspecified atom stereocenters. The van der Waals surface area contributed by atoms with Gasteiger partial charge < -0.3 is 9.64 Å². The lowest BCUT2D eigenvalue weighted by Gasteiger charge is -2.34. The van der Waals surface area contributed by atoms with Crippen molar-refractivity contribution in [3.05, 3.63) is 95.6 Å². The highest BCUT2D eigenvalue weighted by molar-refractivity contribution is 5.94. The molecule has 1 aliphatic heterocycles. The summed E-state index contributed by atoms with van der Waals surface area (Å²) in [7, 11) is 0. The van der Waals surface area contributed by atoms with Gasteiger partial charge in [0.05, 0.1) is 11.6 Å². The van der Waals surface area contributed by atoms with Crippen LogP contribution in [0.15, 0.2) is 78.9 Å². The molecule has 1 saturated heterocycles. The third-order valence-electron chi connectivity index (χ3n) is 5.20. The summed E-state index contributed by atoms with van der Waals surface area (Å²) in [5, 5.41) is 8.90. The lowest BCUT2D eigenvalue weighted by atomic mass is 10.1. The van der Waals surface area contributed by atoms with E-state index in [1.807, 2.05) is 47.4 Å². The van der Waals surface area contributed by atoms with Gasteiger partial charge in [0.1, 0.15) is 11.5 Å². The van der Waals surface area contributed by atoms with Crippen molar-refractivity contribution in [3.63, 3.8) is 0 Å². The largest absolute Gasteiger partial charge is 0.457 e. The van der Waals surface area contributed by atoms with Crippen LogP contribution in [0, 0.1) is 11.3 Å². The summed E-state index contributed by atoms with van der Waals surface area (Å²) >= 11 is 0. The Balaban J connectivity index is 1.32. The fraction of sp³-hybridized carbons (Fsp3) is 0.200. The molecule has 0 saturated carbocycles. The molecule has 5 heteroatoms. The molecule has 4 rings (SSSR count). The minimum absolute atomic E-state index is 0.0254. The van der Waals surface area contributed by atoms with Crippen molar-refractivity contribution < 1.29 is 9.53 Å². The fourth-order valence-electron chi connectivity index (χ4n) is 3.57. The van der Waals surface area contributed by atoms with E-state index in [9.17, 15) is 4.79 Å². The highest BCUT2D eigenvalue weighted by atomic mass is 16.5. The second kappa shape index (κ2) is 9.25. The van der Waals surface area contributed by atoms with Gasteiger partial charge >= 0.3 is 0 Å². The average Bonchev–Trinajstić information content (AvgIpc) is 2.80. The van der Waals surface area contributed by atoms with Crippen LogP contribution in [0.1, 0.15) is 21.5 Å². The van der Waals surface area contributed by atoms with Gasteiger partial charge in [-0.25, -0.2) is 0 Å². The van der Waals surface area contributed by atoms with Gasteiger partial charge in [0.25, 0.3) is 5.91 Å². The van der Waals surface area contributed by atoms with Gasteiger partial charge in [-0.1, -0.05) is 30.3 Å². The van der Waals surface area contributed by atoms with Crippen LogP contribution in [-0.2, 0) is 6.54 Å². The van der Waals surface area contributed by atoms with Gasteiger partial charge in [0, 0.05) is 38.3 Å². The van der Waals surface area contributed by atoms with Crippen molar-refractivity contribution >= 4 is 5.91 Å². The number of benzene rings is 3. The first-order chi connectivity index (χ1) is 14.7. The molecular weight excluding hydrogens is 374 g/mol. The summed E-state index contributed by atoms with van der Waals surface area (Å²) in [5.41, 5.74) is 2.39. The number of carbonyl (C=O) groups excluding carboxylic acids is 1. The summed E-state index contributed by atoms with van der Waals surface area (Å²) < 4.78 is 5.93. The van der Waals surface area contributed by atoms with Crippen molar-refractivity contribution in [2.45, 2.75) is 6.54 Å². The molecule has 30 heavy (non-hydrogen) atoms. The standard InChI is InChI=1S/C25H23N3O2/c26-18-20-9-11-22(12-10-20)25(29)28-15-13-27(14-16-28)19-21-5-4-8-24(17-21)30-23-6-2-1-3-7-23/h1-12,17H,13-16,19H2. The van der Waals surface area contributed by atoms with Crippen molar-refractivity contribution in [3.8, 4) is 17.6 Å². The monoisotopic (exact) mass is 397 g/mol. The van der Waals surface area contributed by atoms with Gasteiger partial charge in [-0.15, -0.1) is 0 Å². The topological polar surface area (TPSA) is 56.6 Å². The highest BCUT2D eigenvalue weighted by Gasteiger charge is 2.22. The smallest absolute Gasteiger partial charge is 0.253 e. The molecule has 150 valence electrons. The average molecular weight is 397 g/mol. The zero-order valence-corrected chi connectivity index (χ0v) is 16.7. The minimum Gasteiger partial charge on any atom is -0.457 e. The summed E-state index contributed by atoms with van der Waals surface area (Å²) in [6, 6.07) is 26.8. The first-order valence-corrected chi connectivity index (χ1v) is 10.0. The Kier molecular flexibility index (Phi) is 6.07. The molecule has 1 fully saturated rings. The van der Waals surface area contributed by atoms with E-state index in [2.05, 4.69) is 23.1 Å². The summed E-state index contributed by atoms with van der Waals surface area (Å²) in [6.07, 6.45) is 0. The van der Waals surface area contributed by atoms with E-state index in [1.54, 1.807) is 24.3 Å². The Bertz CT molecular complexity index is 1030. The van der Waals surface area contributed by atoms with Crippen LogP contribution in [0.2, 0.25) is 0 Å². The number of carbonyl (C=O) groups is 1. The van der Waals surface area contributed by atoms with E-state index in [1.165, 1.54) is 5.56 Å². The third kappa shape index (κ3) is 4.86. The van der Waals surface area contributed by atoms with Crippen LogP contribution < -0.4 is 4.74 Å². The molecule has 0 radical (unpaired) electrons. The number of amides is 1. The Morgan fingerprint density at radius 3 is 2.27 bits per heavy atom. The number of ether oxygens (including phenoxy) is 1. The summed E-state index contributed by atoms with van der Waals surface area (Å²) in [5.74, 6) is 1.68. The zero-order valence-electron chi connectivity index (χ0n) is 16.7. The minimum atomic E-state index is 0.0254. The van der Waals surface area contributed by atoms with E-state index in [4.69, 9.17) is 10.00 Å². The SMILES string of the molecule is N#Cc1ccc(C(=O)N2CCN(Cc3cccc(Oc4ccccc4)c3)CC2)cc1. The number of rotatable bonds is 5. The molecule has 5 nitrogen and oxygen atoms in total. The maximum Gasteiger partial charge on any atom is 0.253 e. The molecule has 0 spiro atoms. The summed E-state index contributed by atoms with van der Waals surface area (Å²) in [6.45, 7) is 3.86. The van der Waals surface area contributed by atoms with Gasteiger partial charge in [-0.2, -0.15) is 5.26 Å². The molecule has 1 amide bonds. The third-order valence-corrected chi connectivity index (χ3v) is 5.20. The van der Waals surface area contributed by atoms with Crippen LogP contribution >= 0.6 is 0 Å². The molecule has 0 aromatic heterocycles. The number of hydrogen-bond donors (Lipinski definition) is 0. The molecule has 0 N–H and O–H groups in total. The second-order valence-electron chi connectivity index (χ2n) is 7.32. The zero-order chi connectivity index (χ0) is 20.8. The van der Waals surface area contributed by atoms with Crippen LogP contribution in [0.25, 0.3) is 0 Å². The van der Waals surface area contributed by atoms with E-state index >= 15 is 0 Å². The number of hydrogen-bond acceptors (Lipinski definition) is 4. The Labute approximate surface area is 176 Å². The predicted octanol–water partition coefficient (Wildman–Crippen LogP) is 4.31. The predicted molar refractivity (Wildman–Crippen MR) is 115 cm³/mol. The number of nitrogens with zero attached hydrogens (tertiary/aromatic N) is 3. The molecule has 0 atom stereocenters. The number of piperazine rings is 1. The Hall–Kier alpha value is -3.62. The highest BCUT2D eigenvalue weighted by Crippen LogP contribution is 2.22. The molecule has 1 aliphatic rings. The lowest BCUT2D eigenvalue weighted by Crippen LogP contribution is -2.48. The van der Waals surface area contributed by atoms with Crippen LogP contribution in [0.3, 0.4) is 0 Å². The number of nitriles is 1. The maximum atomic E-state index is 12.7. The van der Waals surface area contributed by atoms with Crippen LogP contribution in [0.5, 0.6) is 11.5 Å².